The molecule has 1 aliphatic rings. The lowest BCUT2D eigenvalue weighted by Crippen LogP contribution is -2.28. The number of rotatable bonds is 2. The van der Waals surface area contributed by atoms with Crippen molar-refractivity contribution in [3.8, 4) is 0 Å². The second-order valence-electron chi connectivity index (χ2n) is 5.54. The van der Waals surface area contributed by atoms with Gasteiger partial charge in [-0.25, -0.2) is 4.98 Å². The molecule has 5 heteroatoms. The van der Waals surface area contributed by atoms with Gasteiger partial charge in [-0.3, -0.25) is 0 Å². The average Bonchev–Trinajstić information content (AvgIpc) is 2.89. The van der Waals surface area contributed by atoms with E-state index < -0.39 is 0 Å². The van der Waals surface area contributed by atoms with Crippen molar-refractivity contribution in [2.75, 3.05) is 23.8 Å². The number of fused-ring (bicyclic) bond motifs is 1. The van der Waals surface area contributed by atoms with E-state index in [4.69, 9.17) is 4.98 Å². The first-order valence-corrected chi connectivity index (χ1v) is 7.62. The van der Waals surface area contributed by atoms with Gasteiger partial charge in [0, 0.05) is 24.5 Å². The fourth-order valence-electron chi connectivity index (χ4n) is 2.95. The monoisotopic (exact) mass is 276 g/mol. The van der Waals surface area contributed by atoms with E-state index in [1.54, 1.807) is 11.3 Å². The highest BCUT2D eigenvalue weighted by Crippen LogP contribution is 2.36. The van der Waals surface area contributed by atoms with Gasteiger partial charge >= 0.3 is 0 Å². The second-order valence-corrected chi connectivity index (χ2v) is 6.77. The predicted octanol–water partition coefficient (Wildman–Crippen LogP) is 3.28. The summed E-state index contributed by atoms with van der Waals surface area (Å²) in [6, 6.07) is 2.77. The SMILES string of the molecule is CNc1nc(N2CC(C)CC2C)c2cc(C)sc2n1. The fourth-order valence-corrected chi connectivity index (χ4v) is 3.83. The van der Waals surface area contributed by atoms with Gasteiger partial charge in [0.15, 0.2) is 0 Å². The number of anilines is 2. The lowest BCUT2D eigenvalue weighted by molar-refractivity contribution is 0.625. The maximum absolute atomic E-state index is 4.71. The van der Waals surface area contributed by atoms with E-state index in [1.165, 1.54) is 16.7 Å². The Bertz CT molecular complexity index is 607. The molecule has 2 atom stereocenters. The number of thiophene rings is 1. The Labute approximate surface area is 117 Å². The highest BCUT2D eigenvalue weighted by molar-refractivity contribution is 7.18. The Morgan fingerprint density at radius 3 is 2.79 bits per heavy atom. The first-order chi connectivity index (χ1) is 9.08. The van der Waals surface area contributed by atoms with Gasteiger partial charge in [-0.1, -0.05) is 6.92 Å². The molecule has 0 amide bonds. The van der Waals surface area contributed by atoms with Crippen LogP contribution in [0.3, 0.4) is 0 Å². The summed E-state index contributed by atoms with van der Waals surface area (Å²) in [5.41, 5.74) is 0. The van der Waals surface area contributed by atoms with Crippen LogP contribution in [0.2, 0.25) is 0 Å². The minimum absolute atomic E-state index is 0.554. The van der Waals surface area contributed by atoms with Crippen molar-refractivity contribution in [2.45, 2.75) is 33.2 Å². The minimum atomic E-state index is 0.554. The van der Waals surface area contributed by atoms with Crippen molar-refractivity contribution in [3.05, 3.63) is 10.9 Å². The number of aromatic nitrogens is 2. The maximum atomic E-state index is 4.71. The van der Waals surface area contributed by atoms with Crippen LogP contribution in [0.15, 0.2) is 6.07 Å². The van der Waals surface area contributed by atoms with Gasteiger partial charge in [0.25, 0.3) is 0 Å². The zero-order chi connectivity index (χ0) is 13.6. The summed E-state index contributed by atoms with van der Waals surface area (Å²) < 4.78 is 0. The molecule has 0 saturated carbocycles. The molecule has 1 saturated heterocycles. The first-order valence-electron chi connectivity index (χ1n) is 6.81. The van der Waals surface area contributed by atoms with Crippen molar-refractivity contribution in [2.24, 2.45) is 5.92 Å². The summed E-state index contributed by atoms with van der Waals surface area (Å²) >= 11 is 1.74. The summed E-state index contributed by atoms with van der Waals surface area (Å²) in [5, 5.41) is 4.27. The predicted molar refractivity (Wildman–Crippen MR) is 82.3 cm³/mol. The van der Waals surface area contributed by atoms with Gasteiger partial charge in [0.2, 0.25) is 5.95 Å². The van der Waals surface area contributed by atoms with Crippen molar-refractivity contribution in [1.82, 2.24) is 9.97 Å². The summed E-state index contributed by atoms with van der Waals surface area (Å²) in [5.74, 6) is 2.55. The van der Waals surface area contributed by atoms with Crippen LogP contribution in [0.25, 0.3) is 10.2 Å². The molecule has 2 aromatic heterocycles. The Balaban J connectivity index is 2.15. The number of nitrogens with zero attached hydrogens (tertiary/aromatic N) is 3. The molecule has 0 spiro atoms. The fraction of sp³-hybridized carbons (Fsp3) is 0.571. The smallest absolute Gasteiger partial charge is 0.225 e. The second kappa shape index (κ2) is 4.63. The van der Waals surface area contributed by atoms with Crippen LogP contribution < -0.4 is 10.2 Å². The minimum Gasteiger partial charge on any atom is -0.357 e. The molecule has 3 rings (SSSR count). The highest BCUT2D eigenvalue weighted by Gasteiger charge is 2.29. The molecular formula is C14H20N4S. The van der Waals surface area contributed by atoms with E-state index in [9.17, 15) is 0 Å². The molecule has 3 heterocycles. The van der Waals surface area contributed by atoms with Crippen LogP contribution in [0.5, 0.6) is 0 Å². The van der Waals surface area contributed by atoms with Crippen molar-refractivity contribution in [1.29, 1.82) is 0 Å². The van der Waals surface area contributed by atoms with Crippen LogP contribution in [0, 0.1) is 12.8 Å². The first kappa shape index (κ1) is 12.7. The zero-order valence-electron chi connectivity index (χ0n) is 11.9. The maximum Gasteiger partial charge on any atom is 0.225 e. The summed E-state index contributed by atoms with van der Waals surface area (Å²) in [6.07, 6.45) is 1.24. The number of hydrogen-bond donors (Lipinski definition) is 1. The van der Waals surface area contributed by atoms with Gasteiger partial charge in [-0.2, -0.15) is 4.98 Å². The van der Waals surface area contributed by atoms with E-state index in [2.05, 4.69) is 42.0 Å². The van der Waals surface area contributed by atoms with Crippen LogP contribution in [0.4, 0.5) is 11.8 Å². The molecule has 102 valence electrons. The highest BCUT2D eigenvalue weighted by atomic mass is 32.1. The van der Waals surface area contributed by atoms with Crippen molar-refractivity contribution in [3.63, 3.8) is 0 Å². The van der Waals surface area contributed by atoms with E-state index in [0.29, 0.717) is 6.04 Å². The number of nitrogens with one attached hydrogen (secondary N) is 1. The Morgan fingerprint density at radius 1 is 1.37 bits per heavy atom. The normalized spacial score (nSPS) is 23.3. The third kappa shape index (κ3) is 2.16. The third-order valence-corrected chi connectivity index (χ3v) is 4.72. The van der Waals surface area contributed by atoms with Crippen molar-refractivity contribution < 1.29 is 0 Å². The van der Waals surface area contributed by atoms with E-state index in [0.717, 1.165) is 29.1 Å². The van der Waals surface area contributed by atoms with Gasteiger partial charge < -0.3 is 10.2 Å². The Morgan fingerprint density at radius 2 is 2.16 bits per heavy atom. The van der Waals surface area contributed by atoms with Crippen LogP contribution in [-0.4, -0.2) is 29.6 Å². The summed E-state index contributed by atoms with van der Waals surface area (Å²) in [7, 11) is 1.88. The molecule has 0 radical (unpaired) electrons. The topological polar surface area (TPSA) is 41.1 Å². The molecule has 2 aromatic rings. The van der Waals surface area contributed by atoms with E-state index >= 15 is 0 Å². The van der Waals surface area contributed by atoms with Crippen molar-refractivity contribution >= 4 is 33.3 Å². The number of hydrogen-bond acceptors (Lipinski definition) is 5. The quantitative estimate of drug-likeness (QED) is 0.914. The molecule has 1 aliphatic heterocycles. The van der Waals surface area contributed by atoms with Gasteiger partial charge in [0.05, 0.1) is 5.39 Å². The molecule has 0 aromatic carbocycles. The molecule has 0 aliphatic carbocycles. The van der Waals surface area contributed by atoms with Gasteiger partial charge in [-0.05, 0) is 32.3 Å². The van der Waals surface area contributed by atoms with Gasteiger partial charge in [0.1, 0.15) is 10.6 Å². The average molecular weight is 276 g/mol. The largest absolute Gasteiger partial charge is 0.357 e. The molecule has 4 nitrogen and oxygen atoms in total. The molecule has 1 N–H and O–H groups in total. The zero-order valence-corrected chi connectivity index (χ0v) is 12.7. The van der Waals surface area contributed by atoms with Crippen LogP contribution in [-0.2, 0) is 0 Å². The van der Waals surface area contributed by atoms with Crippen LogP contribution >= 0.6 is 11.3 Å². The number of aryl methyl sites for hydroxylation is 1. The Hall–Kier alpha value is -1.36. The van der Waals surface area contributed by atoms with E-state index in [1.807, 2.05) is 7.05 Å². The summed E-state index contributed by atoms with van der Waals surface area (Å²) in [4.78, 5) is 14.1. The van der Waals surface area contributed by atoms with Gasteiger partial charge in [-0.15, -0.1) is 11.3 Å². The van der Waals surface area contributed by atoms with Crippen LogP contribution in [0.1, 0.15) is 25.1 Å². The molecule has 1 fully saturated rings. The molecule has 2 unspecified atom stereocenters. The standard InChI is InChI=1S/C14H20N4S/c1-8-5-9(2)18(7-8)12-11-6-10(3)19-13(11)17-14(15-4)16-12/h6,8-9H,5,7H2,1-4H3,(H,15,16,17). The molecule has 19 heavy (non-hydrogen) atoms. The van der Waals surface area contributed by atoms with E-state index in [-0.39, 0.29) is 0 Å². The third-order valence-electron chi connectivity index (χ3n) is 3.78. The Kier molecular flexibility index (Phi) is 3.09. The lowest BCUT2D eigenvalue weighted by atomic mass is 10.1. The lowest BCUT2D eigenvalue weighted by Gasteiger charge is -2.23. The molecule has 0 bridgehead atoms. The summed E-state index contributed by atoms with van der Waals surface area (Å²) in [6.45, 7) is 7.82. The molecular weight excluding hydrogens is 256 g/mol.